The highest BCUT2D eigenvalue weighted by Gasteiger charge is 2.26. The van der Waals surface area contributed by atoms with E-state index in [4.69, 9.17) is 22.3 Å². The molecule has 2 aromatic rings. The fourth-order valence-corrected chi connectivity index (χ4v) is 2.50. The second-order valence-electron chi connectivity index (χ2n) is 4.51. The van der Waals surface area contributed by atoms with E-state index >= 15 is 0 Å². The predicted octanol–water partition coefficient (Wildman–Crippen LogP) is 3.70. The van der Waals surface area contributed by atoms with Gasteiger partial charge in [-0.05, 0) is 35.9 Å². The van der Waals surface area contributed by atoms with Gasteiger partial charge in [0.1, 0.15) is 17.7 Å². The number of nitrogens with one attached hydrogen (secondary N) is 1. The fraction of sp³-hybridized carbons (Fsp3) is 0.0667. The van der Waals surface area contributed by atoms with Gasteiger partial charge in [0.05, 0.1) is 17.1 Å². The molecule has 1 aliphatic rings. The molecule has 98 valence electrons. The van der Waals surface area contributed by atoms with E-state index in [2.05, 4.69) is 0 Å². The van der Waals surface area contributed by atoms with Crippen molar-refractivity contribution in [3.8, 4) is 6.07 Å². The summed E-state index contributed by atoms with van der Waals surface area (Å²) in [5.74, 6) is -0.117. The lowest BCUT2D eigenvalue weighted by Crippen LogP contribution is -2.23. The highest BCUT2D eigenvalue weighted by atomic mass is 35.5. The van der Waals surface area contributed by atoms with Crippen LogP contribution >= 0.6 is 11.6 Å². The van der Waals surface area contributed by atoms with E-state index in [1.54, 1.807) is 29.2 Å². The number of halogens is 2. The normalized spacial score (nSPS) is 13.2. The Morgan fingerprint density at radius 3 is 2.75 bits per heavy atom. The van der Waals surface area contributed by atoms with Gasteiger partial charge in [-0.15, -0.1) is 0 Å². The Hall–Kier alpha value is -2.38. The maximum atomic E-state index is 13.3. The second kappa shape index (κ2) is 4.62. The lowest BCUT2D eigenvalue weighted by molar-refractivity contribution is 0.627. The van der Waals surface area contributed by atoms with Crippen molar-refractivity contribution in [2.75, 3.05) is 4.90 Å². The van der Waals surface area contributed by atoms with Gasteiger partial charge in [0.15, 0.2) is 0 Å². The zero-order chi connectivity index (χ0) is 14.3. The minimum absolute atomic E-state index is 0.236. The van der Waals surface area contributed by atoms with E-state index in [0.29, 0.717) is 22.7 Å². The van der Waals surface area contributed by atoms with Crippen LogP contribution in [0.3, 0.4) is 0 Å². The molecular weight excluding hydrogens is 277 g/mol. The molecule has 0 amide bonds. The van der Waals surface area contributed by atoms with Crippen molar-refractivity contribution in [3.05, 3.63) is 63.9 Å². The Morgan fingerprint density at radius 2 is 2.05 bits per heavy atom. The molecule has 0 aromatic heterocycles. The Balaban J connectivity index is 2.00. The van der Waals surface area contributed by atoms with E-state index in [1.165, 1.54) is 12.1 Å². The number of amidine groups is 1. The SMILES string of the molecule is N#Cc1ccc(N2Cc3ccc(F)cc3C2=N)cc1Cl. The van der Waals surface area contributed by atoms with Crippen LogP contribution in [0.1, 0.15) is 16.7 Å². The van der Waals surface area contributed by atoms with Gasteiger partial charge >= 0.3 is 0 Å². The van der Waals surface area contributed by atoms with E-state index in [-0.39, 0.29) is 11.7 Å². The number of rotatable bonds is 1. The van der Waals surface area contributed by atoms with E-state index < -0.39 is 0 Å². The molecule has 0 radical (unpaired) electrons. The van der Waals surface area contributed by atoms with Crippen molar-refractivity contribution in [2.45, 2.75) is 6.54 Å². The summed E-state index contributed by atoms with van der Waals surface area (Å²) < 4.78 is 13.3. The molecule has 2 aromatic carbocycles. The molecule has 0 atom stereocenters. The number of nitriles is 1. The standard InChI is InChI=1S/C15H9ClFN3/c16-14-6-12(4-2-9(14)7-18)20-8-10-1-3-11(17)5-13(10)15(20)19/h1-6,19H,8H2. The average Bonchev–Trinajstić information content (AvgIpc) is 2.76. The summed E-state index contributed by atoms with van der Waals surface area (Å²) in [5.41, 5.74) is 2.60. The first kappa shape index (κ1) is 12.6. The van der Waals surface area contributed by atoms with Crippen molar-refractivity contribution in [1.82, 2.24) is 0 Å². The molecule has 1 N–H and O–H groups in total. The van der Waals surface area contributed by atoms with E-state index in [0.717, 1.165) is 11.3 Å². The van der Waals surface area contributed by atoms with Gasteiger partial charge in [-0.3, -0.25) is 5.41 Å². The number of anilines is 1. The van der Waals surface area contributed by atoms with Gasteiger partial charge in [0.2, 0.25) is 0 Å². The van der Waals surface area contributed by atoms with Gasteiger partial charge in [-0.1, -0.05) is 17.7 Å². The molecule has 3 rings (SSSR count). The van der Waals surface area contributed by atoms with Crippen molar-refractivity contribution in [1.29, 1.82) is 10.7 Å². The fourth-order valence-electron chi connectivity index (χ4n) is 2.28. The molecule has 3 nitrogen and oxygen atoms in total. The number of hydrogen-bond acceptors (Lipinski definition) is 2. The Labute approximate surface area is 120 Å². The van der Waals surface area contributed by atoms with Gasteiger partial charge in [-0.25, -0.2) is 4.39 Å². The summed E-state index contributed by atoms with van der Waals surface area (Å²) in [6.07, 6.45) is 0. The highest BCUT2D eigenvalue weighted by molar-refractivity contribution is 6.32. The van der Waals surface area contributed by atoms with Crippen LogP contribution in [-0.2, 0) is 6.54 Å². The van der Waals surface area contributed by atoms with Crippen LogP contribution in [0.25, 0.3) is 0 Å². The molecule has 0 unspecified atom stereocenters. The van der Waals surface area contributed by atoms with Crippen molar-refractivity contribution < 1.29 is 4.39 Å². The Morgan fingerprint density at radius 1 is 1.25 bits per heavy atom. The highest BCUT2D eigenvalue weighted by Crippen LogP contribution is 2.31. The third-order valence-corrected chi connectivity index (χ3v) is 3.62. The molecule has 5 heteroatoms. The average molecular weight is 286 g/mol. The second-order valence-corrected chi connectivity index (χ2v) is 4.92. The first-order valence-corrected chi connectivity index (χ1v) is 6.32. The molecule has 0 aliphatic carbocycles. The van der Waals surface area contributed by atoms with Crippen LogP contribution in [0.15, 0.2) is 36.4 Å². The molecule has 20 heavy (non-hydrogen) atoms. The quantitative estimate of drug-likeness (QED) is 0.868. The molecular formula is C15H9ClFN3. The summed E-state index contributed by atoms with van der Waals surface area (Å²) in [5, 5.41) is 17.4. The van der Waals surface area contributed by atoms with Crippen LogP contribution in [0, 0.1) is 22.6 Å². The third-order valence-electron chi connectivity index (χ3n) is 3.31. The van der Waals surface area contributed by atoms with Crippen LogP contribution in [0.2, 0.25) is 5.02 Å². The van der Waals surface area contributed by atoms with Crippen LogP contribution < -0.4 is 4.90 Å². The van der Waals surface area contributed by atoms with Crippen molar-refractivity contribution in [2.24, 2.45) is 0 Å². The zero-order valence-corrected chi connectivity index (χ0v) is 11.1. The molecule has 0 spiro atoms. The molecule has 1 aliphatic heterocycles. The van der Waals surface area contributed by atoms with Crippen molar-refractivity contribution in [3.63, 3.8) is 0 Å². The maximum Gasteiger partial charge on any atom is 0.133 e. The number of fused-ring (bicyclic) bond motifs is 1. The summed E-state index contributed by atoms with van der Waals surface area (Å²) in [6, 6.07) is 11.4. The molecule has 1 heterocycles. The molecule has 0 fully saturated rings. The van der Waals surface area contributed by atoms with Crippen LogP contribution in [0.5, 0.6) is 0 Å². The third kappa shape index (κ3) is 1.93. The number of nitrogens with zero attached hydrogens (tertiary/aromatic N) is 2. The van der Waals surface area contributed by atoms with Crippen LogP contribution in [0.4, 0.5) is 10.1 Å². The van der Waals surface area contributed by atoms with Crippen LogP contribution in [-0.4, -0.2) is 5.84 Å². The Bertz CT molecular complexity index is 764. The van der Waals surface area contributed by atoms with E-state index in [9.17, 15) is 4.39 Å². The summed E-state index contributed by atoms with van der Waals surface area (Å²) in [4.78, 5) is 1.73. The topological polar surface area (TPSA) is 50.9 Å². The van der Waals surface area contributed by atoms with Crippen molar-refractivity contribution >= 4 is 23.1 Å². The molecule has 0 bridgehead atoms. The largest absolute Gasteiger partial charge is 0.322 e. The van der Waals surface area contributed by atoms with Gasteiger partial charge in [0, 0.05) is 11.3 Å². The lowest BCUT2D eigenvalue weighted by Gasteiger charge is -2.18. The first-order chi connectivity index (χ1) is 9.60. The zero-order valence-electron chi connectivity index (χ0n) is 10.3. The summed E-state index contributed by atoms with van der Waals surface area (Å²) in [6.45, 7) is 0.497. The van der Waals surface area contributed by atoms with E-state index in [1.807, 2.05) is 6.07 Å². The number of benzene rings is 2. The molecule has 0 saturated carbocycles. The molecule has 0 saturated heterocycles. The monoisotopic (exact) mass is 285 g/mol. The van der Waals surface area contributed by atoms with Gasteiger partial charge in [0.25, 0.3) is 0 Å². The number of hydrogen-bond donors (Lipinski definition) is 1. The summed E-state index contributed by atoms with van der Waals surface area (Å²) in [7, 11) is 0. The van der Waals surface area contributed by atoms with Gasteiger partial charge < -0.3 is 4.90 Å². The maximum absolute atomic E-state index is 13.3. The first-order valence-electron chi connectivity index (χ1n) is 5.94. The minimum atomic E-state index is -0.354. The smallest absolute Gasteiger partial charge is 0.133 e. The van der Waals surface area contributed by atoms with Gasteiger partial charge in [-0.2, -0.15) is 5.26 Å². The summed E-state index contributed by atoms with van der Waals surface area (Å²) >= 11 is 6.01. The predicted molar refractivity (Wildman–Crippen MR) is 75.6 cm³/mol. The minimum Gasteiger partial charge on any atom is -0.322 e. The Kier molecular flexibility index (Phi) is 2.92. The lowest BCUT2D eigenvalue weighted by atomic mass is 10.1.